The van der Waals surface area contributed by atoms with Crippen molar-refractivity contribution in [3.05, 3.63) is 28.8 Å². The Balaban J connectivity index is 2.04. The summed E-state index contributed by atoms with van der Waals surface area (Å²) < 4.78 is 0. The summed E-state index contributed by atoms with van der Waals surface area (Å²) in [7, 11) is 0. The van der Waals surface area contributed by atoms with Gasteiger partial charge in [-0.2, -0.15) is 0 Å². The van der Waals surface area contributed by atoms with Crippen molar-refractivity contribution in [1.29, 1.82) is 0 Å². The van der Waals surface area contributed by atoms with Crippen LogP contribution in [0.4, 0.5) is 5.69 Å². The molecule has 80 valence electrons. The molecule has 0 amide bonds. The second-order valence-corrected chi connectivity index (χ2v) is 4.97. The van der Waals surface area contributed by atoms with Gasteiger partial charge < -0.3 is 10.6 Å². The molecule has 0 radical (unpaired) electrons. The van der Waals surface area contributed by atoms with Crippen LogP contribution in [0.25, 0.3) is 0 Å². The Labute approximate surface area is 95.0 Å². The van der Waals surface area contributed by atoms with E-state index in [9.17, 15) is 0 Å². The predicted molar refractivity (Wildman–Crippen MR) is 63.2 cm³/mol. The monoisotopic (exact) mass is 222 g/mol. The molecule has 1 saturated heterocycles. The number of halogens is 1. The Morgan fingerprint density at radius 2 is 2.20 bits per heavy atom. The lowest BCUT2D eigenvalue weighted by Gasteiger charge is -2.37. The van der Waals surface area contributed by atoms with Crippen molar-refractivity contribution in [2.75, 3.05) is 4.90 Å². The first-order chi connectivity index (χ1) is 7.25. The van der Waals surface area contributed by atoms with E-state index in [0.29, 0.717) is 6.04 Å². The molecule has 2 unspecified atom stereocenters. The topological polar surface area (TPSA) is 29.3 Å². The Morgan fingerprint density at radius 1 is 1.33 bits per heavy atom. The summed E-state index contributed by atoms with van der Waals surface area (Å²) in [6, 6.07) is 6.79. The van der Waals surface area contributed by atoms with Crippen molar-refractivity contribution in [2.24, 2.45) is 5.73 Å². The van der Waals surface area contributed by atoms with Crippen LogP contribution in [-0.4, -0.2) is 12.2 Å². The number of benzene rings is 1. The molecular weight excluding hydrogens is 208 g/mol. The first kappa shape index (κ1) is 9.49. The summed E-state index contributed by atoms with van der Waals surface area (Å²) in [4.78, 5) is 2.37. The van der Waals surface area contributed by atoms with Crippen molar-refractivity contribution in [3.8, 4) is 0 Å². The number of fused-ring (bicyclic) bond motifs is 3. The molecule has 2 heterocycles. The number of piperidine rings is 1. The number of anilines is 1. The van der Waals surface area contributed by atoms with E-state index in [-0.39, 0.29) is 6.17 Å². The van der Waals surface area contributed by atoms with Gasteiger partial charge in [-0.3, -0.25) is 0 Å². The van der Waals surface area contributed by atoms with Crippen LogP contribution in [0.2, 0.25) is 5.02 Å². The number of nitrogens with zero attached hydrogens (tertiary/aromatic N) is 1. The van der Waals surface area contributed by atoms with Gasteiger partial charge in [0.25, 0.3) is 0 Å². The minimum absolute atomic E-state index is 0.184. The minimum atomic E-state index is 0.184. The fraction of sp³-hybridized carbons (Fsp3) is 0.500. The molecule has 0 aromatic heterocycles. The molecule has 3 heteroatoms. The molecule has 2 atom stereocenters. The van der Waals surface area contributed by atoms with Crippen LogP contribution < -0.4 is 10.6 Å². The molecule has 0 saturated carbocycles. The molecule has 3 rings (SSSR count). The van der Waals surface area contributed by atoms with Gasteiger partial charge in [-0.1, -0.05) is 17.7 Å². The van der Waals surface area contributed by atoms with Crippen LogP contribution in [0.1, 0.15) is 24.8 Å². The third kappa shape index (κ3) is 1.44. The van der Waals surface area contributed by atoms with E-state index in [1.807, 2.05) is 6.07 Å². The lowest BCUT2D eigenvalue weighted by Crippen LogP contribution is -2.49. The summed E-state index contributed by atoms with van der Waals surface area (Å²) in [6.07, 6.45) is 4.94. The third-order valence-corrected chi connectivity index (χ3v) is 3.80. The van der Waals surface area contributed by atoms with Gasteiger partial charge in [0.2, 0.25) is 0 Å². The third-order valence-electron chi connectivity index (χ3n) is 3.57. The average molecular weight is 223 g/mol. The lowest BCUT2D eigenvalue weighted by atomic mass is 10.00. The molecule has 0 aliphatic carbocycles. The quantitative estimate of drug-likeness (QED) is 0.731. The maximum atomic E-state index is 6.17. The molecule has 0 spiro atoms. The molecule has 1 aromatic carbocycles. The van der Waals surface area contributed by atoms with Crippen LogP contribution in [0.15, 0.2) is 18.2 Å². The van der Waals surface area contributed by atoms with Crippen molar-refractivity contribution < 1.29 is 0 Å². The normalized spacial score (nSPS) is 28.8. The van der Waals surface area contributed by atoms with E-state index in [4.69, 9.17) is 17.3 Å². The first-order valence-electron chi connectivity index (χ1n) is 5.58. The standard InChI is InChI=1S/C12H15ClN2/c13-9-5-4-8-6-10-2-1-3-12(14)15(10)11(8)7-9/h4-5,7,10,12H,1-3,6,14H2. The van der Waals surface area contributed by atoms with Crippen LogP contribution in [0.3, 0.4) is 0 Å². The molecule has 2 aliphatic heterocycles. The fourth-order valence-electron chi connectivity index (χ4n) is 2.89. The Kier molecular flexibility index (Phi) is 2.15. The number of rotatable bonds is 0. The smallest absolute Gasteiger partial charge is 0.0774 e. The van der Waals surface area contributed by atoms with Gasteiger partial charge in [0.15, 0.2) is 0 Å². The molecule has 0 bridgehead atoms. The van der Waals surface area contributed by atoms with Crippen molar-refractivity contribution in [1.82, 2.24) is 0 Å². The molecule has 2 aliphatic rings. The predicted octanol–water partition coefficient (Wildman–Crippen LogP) is 2.54. The summed E-state index contributed by atoms with van der Waals surface area (Å²) in [5.41, 5.74) is 8.84. The van der Waals surface area contributed by atoms with Crippen molar-refractivity contribution >= 4 is 17.3 Å². The van der Waals surface area contributed by atoms with Gasteiger partial charge in [0.1, 0.15) is 0 Å². The summed E-state index contributed by atoms with van der Waals surface area (Å²) in [5, 5.41) is 0.812. The van der Waals surface area contributed by atoms with Crippen LogP contribution in [0.5, 0.6) is 0 Å². The van der Waals surface area contributed by atoms with Gasteiger partial charge in [-0.25, -0.2) is 0 Å². The molecule has 15 heavy (non-hydrogen) atoms. The zero-order chi connectivity index (χ0) is 10.4. The summed E-state index contributed by atoms with van der Waals surface area (Å²) in [6.45, 7) is 0. The number of hydrogen-bond donors (Lipinski definition) is 1. The van der Waals surface area contributed by atoms with E-state index in [1.54, 1.807) is 0 Å². The zero-order valence-electron chi connectivity index (χ0n) is 8.62. The summed E-state index contributed by atoms with van der Waals surface area (Å²) in [5.74, 6) is 0. The van der Waals surface area contributed by atoms with Gasteiger partial charge in [0.05, 0.1) is 6.17 Å². The van der Waals surface area contributed by atoms with Crippen LogP contribution in [-0.2, 0) is 6.42 Å². The number of nitrogens with two attached hydrogens (primary N) is 1. The SMILES string of the molecule is NC1CCCC2Cc3ccc(Cl)cc3N12. The highest BCUT2D eigenvalue weighted by atomic mass is 35.5. The van der Waals surface area contributed by atoms with Gasteiger partial charge in [-0.05, 0) is 43.4 Å². The molecular formula is C12H15ClN2. The van der Waals surface area contributed by atoms with E-state index in [2.05, 4.69) is 17.0 Å². The second kappa shape index (κ2) is 3.39. The second-order valence-electron chi connectivity index (χ2n) is 4.54. The van der Waals surface area contributed by atoms with Crippen LogP contribution in [0, 0.1) is 0 Å². The van der Waals surface area contributed by atoms with Crippen LogP contribution >= 0.6 is 11.6 Å². The number of hydrogen-bond acceptors (Lipinski definition) is 2. The highest BCUT2D eigenvalue weighted by Crippen LogP contribution is 2.39. The van der Waals surface area contributed by atoms with Gasteiger partial charge >= 0.3 is 0 Å². The van der Waals surface area contributed by atoms with E-state index >= 15 is 0 Å². The Hall–Kier alpha value is -0.730. The van der Waals surface area contributed by atoms with Gasteiger partial charge in [0, 0.05) is 16.8 Å². The van der Waals surface area contributed by atoms with Crippen molar-refractivity contribution in [2.45, 2.75) is 37.9 Å². The summed E-state index contributed by atoms with van der Waals surface area (Å²) >= 11 is 6.03. The highest BCUT2D eigenvalue weighted by Gasteiger charge is 2.35. The average Bonchev–Trinajstić information content (AvgIpc) is 2.57. The van der Waals surface area contributed by atoms with E-state index in [0.717, 1.165) is 17.9 Å². The zero-order valence-corrected chi connectivity index (χ0v) is 9.37. The largest absolute Gasteiger partial charge is 0.353 e. The van der Waals surface area contributed by atoms with E-state index in [1.165, 1.54) is 24.1 Å². The fourth-order valence-corrected chi connectivity index (χ4v) is 3.06. The molecule has 1 fully saturated rings. The Bertz CT molecular complexity index is 391. The van der Waals surface area contributed by atoms with E-state index < -0.39 is 0 Å². The Morgan fingerprint density at radius 3 is 3.07 bits per heavy atom. The molecule has 2 nitrogen and oxygen atoms in total. The molecule has 2 N–H and O–H groups in total. The highest BCUT2D eigenvalue weighted by molar-refractivity contribution is 6.30. The lowest BCUT2D eigenvalue weighted by molar-refractivity contribution is 0.401. The molecule has 1 aromatic rings. The van der Waals surface area contributed by atoms with Gasteiger partial charge in [-0.15, -0.1) is 0 Å². The minimum Gasteiger partial charge on any atom is -0.353 e. The maximum Gasteiger partial charge on any atom is 0.0774 e. The first-order valence-corrected chi connectivity index (χ1v) is 5.96. The maximum absolute atomic E-state index is 6.17. The van der Waals surface area contributed by atoms with Crippen molar-refractivity contribution in [3.63, 3.8) is 0 Å².